The second-order valence-electron chi connectivity index (χ2n) is 3.23. The third kappa shape index (κ3) is 2.47. The van der Waals surface area contributed by atoms with Crippen molar-refractivity contribution in [3.8, 4) is 5.75 Å². The number of hydrogen-bond acceptors (Lipinski definition) is 5. The van der Waals surface area contributed by atoms with Crippen LogP contribution in [0.25, 0.3) is 0 Å². The molecule has 0 radical (unpaired) electrons. The molecule has 16 heavy (non-hydrogen) atoms. The van der Waals surface area contributed by atoms with Gasteiger partial charge >= 0.3 is 5.69 Å². The molecule has 0 saturated carbocycles. The van der Waals surface area contributed by atoms with E-state index < -0.39 is 11.0 Å². The molecule has 0 heterocycles. The Hall–Kier alpha value is -1.66. The predicted molar refractivity (Wildman–Crippen MR) is 58.5 cm³/mol. The Morgan fingerprint density at radius 3 is 2.81 bits per heavy atom. The van der Waals surface area contributed by atoms with Gasteiger partial charge in [-0.2, -0.15) is 0 Å². The molecule has 6 heteroatoms. The Bertz CT molecular complexity index is 381. The molecular weight excluding hydrogens is 212 g/mol. The summed E-state index contributed by atoms with van der Waals surface area (Å²) in [4.78, 5) is 10.4. The fourth-order valence-corrected chi connectivity index (χ4v) is 1.47. The van der Waals surface area contributed by atoms with E-state index in [1.165, 1.54) is 19.2 Å². The number of methoxy groups -OCH3 is 1. The van der Waals surface area contributed by atoms with Gasteiger partial charge in [-0.15, -0.1) is 0 Å². The number of nitro benzene ring substituents is 1. The van der Waals surface area contributed by atoms with Gasteiger partial charge in [0.1, 0.15) is 0 Å². The summed E-state index contributed by atoms with van der Waals surface area (Å²) in [5.41, 5.74) is 0.0615. The van der Waals surface area contributed by atoms with Crippen LogP contribution >= 0.6 is 0 Å². The van der Waals surface area contributed by atoms with Gasteiger partial charge in [0, 0.05) is 6.54 Å². The van der Waals surface area contributed by atoms with Gasteiger partial charge in [0.25, 0.3) is 0 Å². The van der Waals surface area contributed by atoms with E-state index in [4.69, 9.17) is 4.74 Å². The minimum Gasteiger partial charge on any atom is -0.490 e. The lowest BCUT2D eigenvalue weighted by atomic mass is 10.1. The highest BCUT2D eigenvalue weighted by Crippen LogP contribution is 2.33. The number of nitrogens with zero attached hydrogens (tertiary/aromatic N) is 1. The Balaban J connectivity index is 3.21. The lowest BCUT2D eigenvalue weighted by molar-refractivity contribution is -0.387. The summed E-state index contributed by atoms with van der Waals surface area (Å²) in [6.45, 7) is 0.244. The molecule has 0 spiro atoms. The van der Waals surface area contributed by atoms with Crippen LogP contribution in [0.1, 0.15) is 11.7 Å². The molecule has 0 aliphatic rings. The minimum atomic E-state index is -0.930. The molecule has 0 amide bonds. The van der Waals surface area contributed by atoms with Crippen molar-refractivity contribution in [3.05, 3.63) is 33.9 Å². The molecule has 0 aliphatic carbocycles. The second-order valence-corrected chi connectivity index (χ2v) is 3.23. The van der Waals surface area contributed by atoms with Gasteiger partial charge in [0.05, 0.1) is 23.7 Å². The van der Waals surface area contributed by atoms with Gasteiger partial charge in [0.15, 0.2) is 5.75 Å². The molecule has 1 unspecified atom stereocenters. The molecule has 0 fully saturated rings. The SMILES string of the molecule is CNCC(O)c1cccc(OC)c1[N+](=O)[O-]. The summed E-state index contributed by atoms with van der Waals surface area (Å²) in [7, 11) is 3.02. The average molecular weight is 226 g/mol. The molecule has 0 bridgehead atoms. The van der Waals surface area contributed by atoms with E-state index >= 15 is 0 Å². The first kappa shape index (κ1) is 12.4. The summed E-state index contributed by atoms with van der Waals surface area (Å²) in [6, 6.07) is 4.62. The average Bonchev–Trinajstić information content (AvgIpc) is 2.28. The van der Waals surface area contributed by atoms with Crippen LogP contribution in [0.3, 0.4) is 0 Å². The molecule has 2 N–H and O–H groups in total. The van der Waals surface area contributed by atoms with E-state index in [1.807, 2.05) is 0 Å². The van der Waals surface area contributed by atoms with Crippen molar-refractivity contribution in [3.63, 3.8) is 0 Å². The molecule has 88 valence electrons. The molecule has 0 aromatic heterocycles. The third-order valence-electron chi connectivity index (χ3n) is 2.19. The fourth-order valence-electron chi connectivity index (χ4n) is 1.47. The maximum atomic E-state index is 10.9. The van der Waals surface area contributed by atoms with Crippen molar-refractivity contribution in [1.29, 1.82) is 0 Å². The van der Waals surface area contributed by atoms with Crippen LogP contribution in [0, 0.1) is 10.1 Å². The van der Waals surface area contributed by atoms with E-state index in [0.29, 0.717) is 0 Å². The van der Waals surface area contributed by atoms with Crippen molar-refractivity contribution in [1.82, 2.24) is 5.32 Å². The first-order valence-corrected chi connectivity index (χ1v) is 4.75. The van der Waals surface area contributed by atoms with Crippen LogP contribution in [0.4, 0.5) is 5.69 Å². The van der Waals surface area contributed by atoms with Crippen LogP contribution in [0.5, 0.6) is 5.75 Å². The molecule has 1 aromatic rings. The number of aliphatic hydroxyl groups excluding tert-OH is 1. The Labute approximate surface area is 93.0 Å². The molecule has 1 rings (SSSR count). The Morgan fingerprint density at radius 1 is 1.62 bits per heavy atom. The van der Waals surface area contributed by atoms with E-state index in [9.17, 15) is 15.2 Å². The monoisotopic (exact) mass is 226 g/mol. The quantitative estimate of drug-likeness (QED) is 0.574. The molecule has 6 nitrogen and oxygen atoms in total. The summed E-state index contributed by atoms with van der Waals surface area (Å²) in [5, 5.41) is 23.4. The number of likely N-dealkylation sites (N-methyl/N-ethyl adjacent to an activating group) is 1. The zero-order valence-electron chi connectivity index (χ0n) is 9.14. The zero-order valence-corrected chi connectivity index (χ0v) is 9.14. The summed E-state index contributed by atoms with van der Waals surface area (Å²) in [5.74, 6) is 0.151. The van der Waals surface area contributed by atoms with Crippen molar-refractivity contribution < 1.29 is 14.8 Å². The summed E-state index contributed by atoms with van der Waals surface area (Å²) >= 11 is 0. The molecule has 1 aromatic carbocycles. The first-order valence-electron chi connectivity index (χ1n) is 4.75. The van der Waals surface area contributed by atoms with Gasteiger partial charge in [-0.25, -0.2) is 0 Å². The smallest absolute Gasteiger partial charge is 0.316 e. The maximum Gasteiger partial charge on any atom is 0.316 e. The molecule has 0 aliphatic heterocycles. The van der Waals surface area contributed by atoms with E-state index in [-0.39, 0.29) is 23.5 Å². The van der Waals surface area contributed by atoms with Gasteiger partial charge < -0.3 is 15.2 Å². The largest absolute Gasteiger partial charge is 0.490 e. The fraction of sp³-hybridized carbons (Fsp3) is 0.400. The van der Waals surface area contributed by atoms with E-state index in [1.54, 1.807) is 13.1 Å². The zero-order chi connectivity index (χ0) is 12.1. The highest BCUT2D eigenvalue weighted by molar-refractivity contribution is 5.53. The topological polar surface area (TPSA) is 84.6 Å². The van der Waals surface area contributed by atoms with Gasteiger partial charge in [-0.3, -0.25) is 10.1 Å². The summed E-state index contributed by atoms with van der Waals surface area (Å²) < 4.78 is 4.90. The van der Waals surface area contributed by atoms with Gasteiger partial charge in [0.2, 0.25) is 0 Å². The Kier molecular flexibility index (Phi) is 4.21. The third-order valence-corrected chi connectivity index (χ3v) is 2.19. The van der Waals surface area contributed by atoms with Crippen LogP contribution < -0.4 is 10.1 Å². The lowest BCUT2D eigenvalue weighted by Gasteiger charge is -2.12. The highest BCUT2D eigenvalue weighted by atomic mass is 16.6. The summed E-state index contributed by atoms with van der Waals surface area (Å²) in [6.07, 6.45) is -0.930. The normalized spacial score (nSPS) is 12.2. The van der Waals surface area contributed by atoms with Crippen LogP contribution in [-0.2, 0) is 0 Å². The number of hydrogen-bond donors (Lipinski definition) is 2. The van der Waals surface area contributed by atoms with Crippen molar-refractivity contribution in [2.45, 2.75) is 6.10 Å². The van der Waals surface area contributed by atoms with E-state index in [0.717, 1.165) is 0 Å². The number of aliphatic hydroxyl groups is 1. The Morgan fingerprint density at radius 2 is 2.31 bits per heavy atom. The van der Waals surface area contributed by atoms with Gasteiger partial charge in [-0.05, 0) is 19.2 Å². The predicted octanol–water partition coefficient (Wildman–Crippen LogP) is 0.856. The van der Waals surface area contributed by atoms with Gasteiger partial charge in [-0.1, -0.05) is 6.07 Å². The molecule has 0 saturated heterocycles. The van der Waals surface area contributed by atoms with Crippen LogP contribution in [-0.4, -0.2) is 30.7 Å². The van der Waals surface area contributed by atoms with Crippen LogP contribution in [0.15, 0.2) is 18.2 Å². The van der Waals surface area contributed by atoms with Crippen molar-refractivity contribution in [2.24, 2.45) is 0 Å². The second kappa shape index (κ2) is 5.43. The number of ether oxygens (including phenoxy) is 1. The molecule has 1 atom stereocenters. The number of nitrogens with one attached hydrogen (secondary N) is 1. The molecular formula is C10H14N2O4. The first-order chi connectivity index (χ1) is 7.61. The van der Waals surface area contributed by atoms with Crippen molar-refractivity contribution in [2.75, 3.05) is 20.7 Å². The number of benzene rings is 1. The highest BCUT2D eigenvalue weighted by Gasteiger charge is 2.24. The van der Waals surface area contributed by atoms with Crippen LogP contribution in [0.2, 0.25) is 0 Å². The minimum absolute atomic E-state index is 0.151. The van der Waals surface area contributed by atoms with Crippen molar-refractivity contribution >= 4 is 5.69 Å². The number of rotatable bonds is 5. The van der Waals surface area contributed by atoms with E-state index in [2.05, 4.69) is 5.32 Å². The number of para-hydroxylation sites is 1. The number of nitro groups is 1. The lowest BCUT2D eigenvalue weighted by Crippen LogP contribution is -2.17. The maximum absolute atomic E-state index is 10.9. The standard InChI is InChI=1S/C10H14N2O4/c1-11-6-8(13)7-4-3-5-9(16-2)10(7)12(14)15/h3-5,8,11,13H,6H2,1-2H3.